The molecular weight excluding hydrogens is 202 g/mol. The summed E-state index contributed by atoms with van der Waals surface area (Å²) in [5.41, 5.74) is 13.2. The maximum atomic E-state index is 5.90. The van der Waals surface area contributed by atoms with E-state index < -0.39 is 0 Å². The third kappa shape index (κ3) is 1.53. The van der Waals surface area contributed by atoms with E-state index in [9.17, 15) is 0 Å². The summed E-state index contributed by atoms with van der Waals surface area (Å²) >= 11 is 0. The molecule has 0 unspecified atom stereocenters. The van der Waals surface area contributed by atoms with E-state index in [1.807, 2.05) is 6.07 Å². The van der Waals surface area contributed by atoms with Crippen LogP contribution in [0, 0.1) is 0 Å². The maximum absolute atomic E-state index is 5.90. The first-order chi connectivity index (χ1) is 7.72. The summed E-state index contributed by atoms with van der Waals surface area (Å²) in [6, 6.07) is 4.02. The van der Waals surface area contributed by atoms with Gasteiger partial charge in [0.05, 0.1) is 5.52 Å². The number of fused-ring (bicyclic) bond motifs is 1. The second kappa shape index (κ2) is 3.45. The Bertz CT molecular complexity index is 518. The summed E-state index contributed by atoms with van der Waals surface area (Å²) in [5, 5.41) is 0. The number of rotatable bonds is 1. The Morgan fingerprint density at radius 3 is 2.88 bits per heavy atom. The molecule has 0 bridgehead atoms. The van der Waals surface area contributed by atoms with Gasteiger partial charge in [0.2, 0.25) is 0 Å². The van der Waals surface area contributed by atoms with Gasteiger partial charge < -0.3 is 16.5 Å². The zero-order chi connectivity index (χ0) is 11.1. The minimum atomic E-state index is 0.316. The summed E-state index contributed by atoms with van der Waals surface area (Å²) in [6.07, 6.45) is 3.20. The average Bonchev–Trinajstić information content (AvgIpc) is 2.83. The molecule has 0 radical (unpaired) electrons. The number of nitrogens with one attached hydrogen (secondary N) is 1. The van der Waals surface area contributed by atoms with Gasteiger partial charge in [-0.15, -0.1) is 0 Å². The Morgan fingerprint density at radius 1 is 1.25 bits per heavy atom. The third-order valence-electron chi connectivity index (χ3n) is 3.25. The largest absolute Gasteiger partial charge is 0.384 e. The predicted molar refractivity (Wildman–Crippen MR) is 62.9 cm³/mol. The molecule has 0 saturated heterocycles. The van der Waals surface area contributed by atoms with Gasteiger partial charge in [0.25, 0.3) is 0 Å². The fraction of sp³-hybridized carbons (Fsp3) is 0.455. The highest BCUT2D eigenvalue weighted by Crippen LogP contribution is 2.32. The monoisotopic (exact) mass is 217 g/mol. The van der Waals surface area contributed by atoms with Crippen molar-refractivity contribution in [1.82, 2.24) is 15.0 Å². The second-order valence-corrected chi connectivity index (χ2v) is 4.50. The van der Waals surface area contributed by atoms with Gasteiger partial charge in [0.15, 0.2) is 5.65 Å². The number of nitrogens with zero attached hydrogens (tertiary/aromatic N) is 2. The topological polar surface area (TPSA) is 93.6 Å². The highest BCUT2D eigenvalue weighted by molar-refractivity contribution is 5.72. The molecule has 1 fully saturated rings. The van der Waals surface area contributed by atoms with Crippen LogP contribution in [0.2, 0.25) is 0 Å². The van der Waals surface area contributed by atoms with Crippen LogP contribution >= 0.6 is 0 Å². The molecule has 2 atom stereocenters. The molecule has 5 heteroatoms. The molecule has 1 saturated carbocycles. The van der Waals surface area contributed by atoms with Crippen LogP contribution in [0.3, 0.4) is 0 Å². The molecule has 0 spiro atoms. The number of aromatic amines is 1. The molecule has 3 rings (SSSR count). The zero-order valence-electron chi connectivity index (χ0n) is 8.98. The van der Waals surface area contributed by atoms with E-state index in [1.54, 1.807) is 6.07 Å². The van der Waals surface area contributed by atoms with E-state index in [4.69, 9.17) is 11.5 Å². The van der Waals surface area contributed by atoms with Gasteiger partial charge in [0.1, 0.15) is 11.6 Å². The number of H-pyrrole nitrogens is 1. The van der Waals surface area contributed by atoms with Gasteiger partial charge in [-0.2, -0.15) is 0 Å². The van der Waals surface area contributed by atoms with Crippen molar-refractivity contribution in [3.63, 3.8) is 0 Å². The van der Waals surface area contributed by atoms with E-state index >= 15 is 0 Å². The Morgan fingerprint density at radius 2 is 2.12 bits per heavy atom. The number of hydrogen-bond acceptors (Lipinski definition) is 4. The summed E-state index contributed by atoms with van der Waals surface area (Å²) in [7, 11) is 0. The van der Waals surface area contributed by atoms with Gasteiger partial charge in [-0.3, -0.25) is 0 Å². The van der Waals surface area contributed by atoms with E-state index in [0.717, 1.165) is 30.6 Å². The Labute approximate surface area is 93.3 Å². The van der Waals surface area contributed by atoms with E-state index in [2.05, 4.69) is 15.0 Å². The van der Waals surface area contributed by atoms with Crippen molar-refractivity contribution in [2.75, 3.05) is 5.73 Å². The number of nitrogens with two attached hydrogens (primary N) is 2. The maximum Gasteiger partial charge on any atom is 0.179 e. The molecule has 5 N–H and O–H groups in total. The first-order valence-electron chi connectivity index (χ1n) is 5.60. The first-order valence-corrected chi connectivity index (χ1v) is 5.60. The van der Waals surface area contributed by atoms with Crippen LogP contribution in [-0.2, 0) is 0 Å². The van der Waals surface area contributed by atoms with Crippen LogP contribution in [0.5, 0.6) is 0 Å². The van der Waals surface area contributed by atoms with E-state index in [1.165, 1.54) is 0 Å². The SMILES string of the molecule is Nc1ccc2[nH]c([C@@H]3CC[C@H](N)C3)nc2n1. The fourth-order valence-corrected chi connectivity index (χ4v) is 2.38. The number of aromatic nitrogens is 3. The van der Waals surface area contributed by atoms with Crippen molar-refractivity contribution >= 4 is 17.0 Å². The van der Waals surface area contributed by atoms with Crippen LogP contribution in [0.4, 0.5) is 5.82 Å². The van der Waals surface area contributed by atoms with Crippen molar-refractivity contribution in [3.05, 3.63) is 18.0 Å². The standard InChI is InChI=1S/C11H15N5/c12-7-2-1-6(5-7)10-14-8-3-4-9(13)15-11(8)16-10/h3-4,6-7H,1-2,5,12H2,(H3,13,14,15,16)/t6-,7+/m1/s1. The molecule has 2 heterocycles. The lowest BCUT2D eigenvalue weighted by Crippen LogP contribution is -2.14. The quantitative estimate of drug-likeness (QED) is 0.667. The van der Waals surface area contributed by atoms with Gasteiger partial charge in [0, 0.05) is 12.0 Å². The average molecular weight is 217 g/mol. The van der Waals surface area contributed by atoms with Crippen molar-refractivity contribution in [3.8, 4) is 0 Å². The lowest BCUT2D eigenvalue weighted by molar-refractivity contribution is 0.651. The highest BCUT2D eigenvalue weighted by atomic mass is 15.0. The van der Waals surface area contributed by atoms with Gasteiger partial charge in [-0.05, 0) is 31.4 Å². The molecule has 84 valence electrons. The summed E-state index contributed by atoms with van der Waals surface area (Å²) in [4.78, 5) is 12.0. The summed E-state index contributed by atoms with van der Waals surface area (Å²) in [5.74, 6) is 1.96. The number of hydrogen-bond donors (Lipinski definition) is 3. The van der Waals surface area contributed by atoms with Crippen molar-refractivity contribution in [1.29, 1.82) is 0 Å². The molecule has 0 amide bonds. The minimum Gasteiger partial charge on any atom is -0.384 e. The molecule has 16 heavy (non-hydrogen) atoms. The molecule has 5 nitrogen and oxygen atoms in total. The first kappa shape index (κ1) is 9.59. The number of imidazole rings is 1. The van der Waals surface area contributed by atoms with Crippen LogP contribution in [-0.4, -0.2) is 21.0 Å². The lowest BCUT2D eigenvalue weighted by Gasteiger charge is -2.04. The van der Waals surface area contributed by atoms with Crippen LogP contribution < -0.4 is 11.5 Å². The fourth-order valence-electron chi connectivity index (χ4n) is 2.38. The minimum absolute atomic E-state index is 0.316. The van der Waals surface area contributed by atoms with Gasteiger partial charge in [-0.1, -0.05) is 0 Å². The molecule has 1 aliphatic carbocycles. The molecule has 2 aromatic heterocycles. The normalized spacial score (nSPS) is 25.3. The Hall–Kier alpha value is -1.62. The van der Waals surface area contributed by atoms with E-state index in [-0.39, 0.29) is 0 Å². The predicted octanol–water partition coefficient (Wildman–Crippen LogP) is 1.13. The van der Waals surface area contributed by atoms with Gasteiger partial charge in [-0.25, -0.2) is 9.97 Å². The van der Waals surface area contributed by atoms with Crippen LogP contribution in [0.15, 0.2) is 12.1 Å². The molecule has 1 aliphatic rings. The molecule has 0 aliphatic heterocycles. The van der Waals surface area contributed by atoms with E-state index in [0.29, 0.717) is 23.4 Å². The zero-order valence-corrected chi connectivity index (χ0v) is 8.98. The highest BCUT2D eigenvalue weighted by Gasteiger charge is 2.25. The molecular formula is C11H15N5. The number of nitrogen functional groups attached to an aromatic ring is 1. The lowest BCUT2D eigenvalue weighted by atomic mass is 10.1. The van der Waals surface area contributed by atoms with Crippen LogP contribution in [0.25, 0.3) is 11.2 Å². The number of anilines is 1. The summed E-state index contributed by atoms with van der Waals surface area (Å²) in [6.45, 7) is 0. The van der Waals surface area contributed by atoms with Crippen molar-refractivity contribution in [2.24, 2.45) is 5.73 Å². The van der Waals surface area contributed by atoms with Crippen LogP contribution in [0.1, 0.15) is 31.0 Å². The Balaban J connectivity index is 1.99. The number of pyridine rings is 1. The Kier molecular flexibility index (Phi) is 2.07. The molecule has 0 aromatic carbocycles. The van der Waals surface area contributed by atoms with Crippen molar-refractivity contribution in [2.45, 2.75) is 31.2 Å². The second-order valence-electron chi connectivity index (χ2n) is 4.50. The van der Waals surface area contributed by atoms with Gasteiger partial charge >= 0.3 is 0 Å². The summed E-state index contributed by atoms with van der Waals surface area (Å²) < 4.78 is 0. The molecule has 2 aromatic rings. The smallest absolute Gasteiger partial charge is 0.179 e. The van der Waals surface area contributed by atoms with Crippen molar-refractivity contribution < 1.29 is 0 Å². The third-order valence-corrected chi connectivity index (χ3v) is 3.25.